The number of urea groups is 1. The molecule has 7 nitrogen and oxygen atoms in total. The molecule has 2 N–H and O–H groups in total. The number of nitrogens with zero attached hydrogens (tertiary/aromatic N) is 3. The van der Waals surface area contributed by atoms with Crippen molar-refractivity contribution >= 4 is 17.7 Å². The summed E-state index contributed by atoms with van der Waals surface area (Å²) in [6.45, 7) is 3.21. The van der Waals surface area contributed by atoms with Crippen molar-refractivity contribution in [1.29, 1.82) is 0 Å². The standard InChI is InChI=1S/C10H12N4O3/c1-2-3-14(6-9(15)16)10(17)13-8-4-11-7-12-5-8/h2,4-5,7H,1,3,6H2,(H,13,17)(H,15,16). The molecule has 0 fully saturated rings. The van der Waals surface area contributed by atoms with Crippen molar-refractivity contribution in [3.8, 4) is 0 Å². The van der Waals surface area contributed by atoms with Crippen molar-refractivity contribution in [3.05, 3.63) is 31.4 Å². The van der Waals surface area contributed by atoms with Gasteiger partial charge >= 0.3 is 12.0 Å². The molecular weight excluding hydrogens is 224 g/mol. The van der Waals surface area contributed by atoms with Crippen LogP contribution in [0.25, 0.3) is 0 Å². The second-order valence-corrected chi connectivity index (χ2v) is 3.12. The van der Waals surface area contributed by atoms with Crippen LogP contribution in [0.3, 0.4) is 0 Å². The van der Waals surface area contributed by atoms with Gasteiger partial charge in [-0.2, -0.15) is 0 Å². The van der Waals surface area contributed by atoms with E-state index in [1.807, 2.05) is 0 Å². The van der Waals surface area contributed by atoms with E-state index in [1.165, 1.54) is 24.8 Å². The van der Waals surface area contributed by atoms with E-state index in [0.29, 0.717) is 5.69 Å². The van der Waals surface area contributed by atoms with Crippen LogP contribution in [0.1, 0.15) is 0 Å². The van der Waals surface area contributed by atoms with Gasteiger partial charge in [-0.1, -0.05) is 6.08 Å². The van der Waals surface area contributed by atoms with Crippen molar-refractivity contribution in [2.24, 2.45) is 0 Å². The molecular formula is C10H12N4O3. The molecule has 0 saturated carbocycles. The first kappa shape index (κ1) is 12.6. The average Bonchev–Trinajstić information content (AvgIpc) is 2.29. The molecule has 1 aromatic heterocycles. The van der Waals surface area contributed by atoms with Crippen LogP contribution in [0.5, 0.6) is 0 Å². The molecule has 1 rings (SSSR count). The van der Waals surface area contributed by atoms with Crippen molar-refractivity contribution in [2.75, 3.05) is 18.4 Å². The maximum absolute atomic E-state index is 11.7. The second-order valence-electron chi connectivity index (χ2n) is 3.12. The smallest absolute Gasteiger partial charge is 0.323 e. The number of rotatable bonds is 5. The van der Waals surface area contributed by atoms with Crippen LogP contribution >= 0.6 is 0 Å². The second kappa shape index (κ2) is 6.21. The molecule has 0 spiro atoms. The maximum Gasteiger partial charge on any atom is 0.323 e. The Bertz CT molecular complexity index is 407. The third-order valence-electron chi connectivity index (χ3n) is 1.77. The number of nitrogens with one attached hydrogen (secondary N) is 1. The van der Waals surface area contributed by atoms with Crippen LogP contribution in [0, 0.1) is 0 Å². The fraction of sp³-hybridized carbons (Fsp3) is 0.200. The Morgan fingerprint density at radius 2 is 2.12 bits per heavy atom. The minimum absolute atomic E-state index is 0.145. The molecule has 0 unspecified atom stereocenters. The number of anilines is 1. The Balaban J connectivity index is 2.65. The molecule has 0 bridgehead atoms. The first-order valence-corrected chi connectivity index (χ1v) is 4.77. The molecule has 1 heterocycles. The lowest BCUT2D eigenvalue weighted by Gasteiger charge is -2.19. The quantitative estimate of drug-likeness (QED) is 0.729. The highest BCUT2D eigenvalue weighted by Gasteiger charge is 2.15. The summed E-state index contributed by atoms with van der Waals surface area (Å²) in [5.41, 5.74) is 0.400. The van der Waals surface area contributed by atoms with Gasteiger partial charge in [-0.15, -0.1) is 6.58 Å². The summed E-state index contributed by atoms with van der Waals surface area (Å²) in [4.78, 5) is 30.8. The zero-order valence-electron chi connectivity index (χ0n) is 9.04. The maximum atomic E-state index is 11.7. The van der Waals surface area contributed by atoms with Gasteiger partial charge in [0.05, 0.1) is 18.1 Å². The first-order chi connectivity index (χ1) is 8.13. The molecule has 0 aliphatic rings. The van der Waals surface area contributed by atoms with Gasteiger partial charge in [0.2, 0.25) is 0 Å². The van der Waals surface area contributed by atoms with Gasteiger partial charge in [0.15, 0.2) is 0 Å². The Morgan fingerprint density at radius 1 is 1.47 bits per heavy atom. The molecule has 0 saturated heterocycles. The predicted molar refractivity (Wildman–Crippen MR) is 60.5 cm³/mol. The predicted octanol–water partition coefficient (Wildman–Crippen LogP) is 0.581. The summed E-state index contributed by atoms with van der Waals surface area (Å²) in [6, 6.07) is -0.540. The Morgan fingerprint density at radius 3 is 2.65 bits per heavy atom. The highest BCUT2D eigenvalue weighted by molar-refractivity contribution is 5.91. The topological polar surface area (TPSA) is 95.4 Å². The van der Waals surface area contributed by atoms with Crippen molar-refractivity contribution < 1.29 is 14.7 Å². The van der Waals surface area contributed by atoms with Gasteiger partial charge in [0, 0.05) is 6.54 Å². The lowest BCUT2D eigenvalue weighted by molar-refractivity contribution is -0.137. The van der Waals surface area contributed by atoms with Gasteiger partial charge in [-0.05, 0) is 0 Å². The third-order valence-corrected chi connectivity index (χ3v) is 1.77. The number of carboxylic acid groups (broad SMARTS) is 1. The van der Waals surface area contributed by atoms with E-state index in [0.717, 1.165) is 4.90 Å². The number of carbonyl (C=O) groups excluding carboxylic acids is 1. The lowest BCUT2D eigenvalue weighted by Crippen LogP contribution is -2.38. The van der Waals surface area contributed by atoms with Crippen LogP contribution in [0.4, 0.5) is 10.5 Å². The van der Waals surface area contributed by atoms with E-state index in [1.54, 1.807) is 0 Å². The van der Waals surface area contributed by atoms with Gasteiger partial charge in [-0.3, -0.25) is 4.79 Å². The molecule has 1 aromatic rings. The Hall–Kier alpha value is -2.44. The fourth-order valence-electron chi connectivity index (χ4n) is 1.10. The van der Waals surface area contributed by atoms with E-state index < -0.39 is 18.5 Å². The number of hydrogen-bond acceptors (Lipinski definition) is 4. The molecule has 0 radical (unpaired) electrons. The van der Waals surface area contributed by atoms with E-state index in [-0.39, 0.29) is 6.54 Å². The van der Waals surface area contributed by atoms with E-state index in [4.69, 9.17) is 5.11 Å². The minimum atomic E-state index is -1.09. The number of hydrogen-bond donors (Lipinski definition) is 2. The SMILES string of the molecule is C=CCN(CC(=O)O)C(=O)Nc1cncnc1. The average molecular weight is 236 g/mol. The normalized spacial score (nSPS) is 9.41. The Kier molecular flexibility index (Phi) is 4.61. The summed E-state index contributed by atoms with van der Waals surface area (Å²) in [6.07, 6.45) is 5.61. The zero-order valence-corrected chi connectivity index (χ0v) is 9.04. The van der Waals surface area contributed by atoms with E-state index in [9.17, 15) is 9.59 Å². The minimum Gasteiger partial charge on any atom is -0.480 e. The van der Waals surface area contributed by atoms with E-state index in [2.05, 4.69) is 21.9 Å². The molecule has 17 heavy (non-hydrogen) atoms. The number of carboxylic acids is 1. The highest BCUT2D eigenvalue weighted by Crippen LogP contribution is 2.03. The lowest BCUT2D eigenvalue weighted by atomic mass is 10.4. The number of amides is 2. The van der Waals surface area contributed by atoms with Crippen LogP contribution in [0.15, 0.2) is 31.4 Å². The number of aliphatic carboxylic acids is 1. The number of aromatic nitrogens is 2. The molecule has 0 aromatic carbocycles. The molecule has 0 aliphatic carbocycles. The molecule has 7 heteroatoms. The largest absolute Gasteiger partial charge is 0.480 e. The summed E-state index contributed by atoms with van der Waals surface area (Å²) >= 11 is 0. The molecule has 0 atom stereocenters. The van der Waals surface area contributed by atoms with E-state index >= 15 is 0 Å². The van der Waals surface area contributed by atoms with Crippen molar-refractivity contribution in [3.63, 3.8) is 0 Å². The van der Waals surface area contributed by atoms with Crippen LogP contribution in [-0.2, 0) is 4.79 Å². The van der Waals surface area contributed by atoms with Gasteiger partial charge in [0.25, 0.3) is 0 Å². The van der Waals surface area contributed by atoms with Gasteiger partial charge < -0.3 is 15.3 Å². The molecule has 2 amide bonds. The molecule has 90 valence electrons. The van der Waals surface area contributed by atoms with Crippen molar-refractivity contribution in [1.82, 2.24) is 14.9 Å². The fourth-order valence-corrected chi connectivity index (χ4v) is 1.10. The van der Waals surface area contributed by atoms with Gasteiger partial charge in [-0.25, -0.2) is 14.8 Å². The summed E-state index contributed by atoms with van der Waals surface area (Å²) < 4.78 is 0. The van der Waals surface area contributed by atoms with Crippen LogP contribution < -0.4 is 5.32 Å². The third kappa shape index (κ3) is 4.29. The summed E-state index contributed by atoms with van der Waals surface area (Å²) in [5, 5.41) is 11.1. The van der Waals surface area contributed by atoms with Crippen LogP contribution in [-0.4, -0.2) is 45.1 Å². The Labute approximate surface area is 97.8 Å². The van der Waals surface area contributed by atoms with Crippen molar-refractivity contribution in [2.45, 2.75) is 0 Å². The van der Waals surface area contributed by atoms with Gasteiger partial charge in [0.1, 0.15) is 12.9 Å². The summed E-state index contributed by atoms with van der Waals surface area (Å²) in [7, 11) is 0. The monoisotopic (exact) mass is 236 g/mol. The molecule has 0 aliphatic heterocycles. The summed E-state index contributed by atoms with van der Waals surface area (Å²) in [5.74, 6) is -1.09. The highest BCUT2D eigenvalue weighted by atomic mass is 16.4. The van der Waals surface area contributed by atoms with Crippen LogP contribution in [0.2, 0.25) is 0 Å². The zero-order chi connectivity index (χ0) is 12.7. The number of carbonyl (C=O) groups is 2. The first-order valence-electron chi connectivity index (χ1n) is 4.77.